The summed E-state index contributed by atoms with van der Waals surface area (Å²) in [6, 6.07) is 18.0. The van der Waals surface area contributed by atoms with Gasteiger partial charge in [0, 0.05) is 31.7 Å². The second kappa shape index (κ2) is 7.53. The van der Waals surface area contributed by atoms with Gasteiger partial charge in [0.15, 0.2) is 5.82 Å². The Morgan fingerprint density at radius 3 is 2.15 bits per heavy atom. The van der Waals surface area contributed by atoms with Crippen LogP contribution in [0, 0.1) is 0 Å². The number of halogens is 1. The zero-order chi connectivity index (χ0) is 18.8. The van der Waals surface area contributed by atoms with E-state index in [0.29, 0.717) is 26.2 Å². The molecule has 0 N–H and O–H groups in total. The third-order valence-corrected chi connectivity index (χ3v) is 5.02. The number of hydrogen-bond donors (Lipinski definition) is 0. The minimum Gasteiger partial charge on any atom is -0.351 e. The number of carbonyl (C=O) groups is 1. The average molecular weight is 381 g/mol. The molecule has 0 spiro atoms. The van der Waals surface area contributed by atoms with Gasteiger partial charge >= 0.3 is 0 Å². The third kappa shape index (κ3) is 3.60. The molecule has 0 aliphatic carbocycles. The van der Waals surface area contributed by atoms with Crippen LogP contribution in [0.3, 0.4) is 0 Å². The molecule has 27 heavy (non-hydrogen) atoms. The highest BCUT2D eigenvalue weighted by Gasteiger charge is 2.26. The summed E-state index contributed by atoms with van der Waals surface area (Å²) in [5.41, 5.74) is 3.67. The van der Waals surface area contributed by atoms with Crippen molar-refractivity contribution in [2.45, 2.75) is 12.3 Å². The lowest BCUT2D eigenvalue weighted by molar-refractivity contribution is -0.130. The fourth-order valence-corrected chi connectivity index (χ4v) is 3.53. The van der Waals surface area contributed by atoms with Crippen molar-refractivity contribution in [3.63, 3.8) is 0 Å². The Hall–Kier alpha value is -2.66. The van der Waals surface area contributed by atoms with E-state index in [0.717, 1.165) is 28.1 Å². The maximum Gasteiger partial charge on any atom is 0.240 e. The summed E-state index contributed by atoms with van der Waals surface area (Å²) in [6.07, 6.45) is 0. The van der Waals surface area contributed by atoms with E-state index < -0.39 is 5.38 Å². The van der Waals surface area contributed by atoms with Gasteiger partial charge in [0.05, 0.1) is 11.0 Å². The first-order chi connectivity index (χ1) is 13.1. The number of benzene rings is 2. The first kappa shape index (κ1) is 17.7. The summed E-state index contributed by atoms with van der Waals surface area (Å²) < 4.78 is 0. The van der Waals surface area contributed by atoms with E-state index in [1.165, 1.54) is 0 Å². The van der Waals surface area contributed by atoms with Gasteiger partial charge in [0.1, 0.15) is 11.1 Å². The highest BCUT2D eigenvalue weighted by atomic mass is 35.5. The van der Waals surface area contributed by atoms with E-state index in [-0.39, 0.29) is 5.91 Å². The topological polar surface area (TPSA) is 49.3 Å². The summed E-state index contributed by atoms with van der Waals surface area (Å²) in [6.45, 7) is 4.42. The average Bonchev–Trinajstić information content (AvgIpc) is 2.73. The molecule has 1 aliphatic rings. The van der Waals surface area contributed by atoms with Gasteiger partial charge in [-0.1, -0.05) is 42.5 Å². The molecule has 0 saturated carbocycles. The SMILES string of the molecule is C[C@H](Cl)C(=O)N1CCN(c2nc3ccccc3nc2-c2ccccc2)CC1. The van der Waals surface area contributed by atoms with Gasteiger partial charge in [0.2, 0.25) is 5.91 Å². The molecule has 0 radical (unpaired) electrons. The predicted molar refractivity (Wildman–Crippen MR) is 109 cm³/mol. The van der Waals surface area contributed by atoms with Crippen molar-refractivity contribution >= 4 is 34.4 Å². The zero-order valence-corrected chi connectivity index (χ0v) is 15.9. The fraction of sp³-hybridized carbons (Fsp3) is 0.286. The van der Waals surface area contributed by atoms with Gasteiger partial charge in [-0.25, -0.2) is 9.97 Å². The Balaban J connectivity index is 1.70. The van der Waals surface area contributed by atoms with Crippen molar-refractivity contribution in [2.75, 3.05) is 31.1 Å². The summed E-state index contributed by atoms with van der Waals surface area (Å²) >= 11 is 5.96. The number of piperazine rings is 1. The Labute approximate surface area is 163 Å². The second-order valence-electron chi connectivity index (χ2n) is 6.68. The molecule has 1 amide bonds. The van der Waals surface area contributed by atoms with Crippen LogP contribution in [0.15, 0.2) is 54.6 Å². The van der Waals surface area contributed by atoms with Gasteiger partial charge in [-0.2, -0.15) is 0 Å². The summed E-state index contributed by atoms with van der Waals surface area (Å²) in [7, 11) is 0. The normalized spacial score (nSPS) is 15.8. The van der Waals surface area contributed by atoms with E-state index in [4.69, 9.17) is 21.6 Å². The van der Waals surface area contributed by atoms with Crippen LogP contribution in [-0.2, 0) is 4.79 Å². The van der Waals surface area contributed by atoms with Crippen molar-refractivity contribution in [1.29, 1.82) is 0 Å². The molecule has 2 aromatic carbocycles. The molecule has 1 atom stereocenters. The smallest absolute Gasteiger partial charge is 0.240 e. The molecule has 1 fully saturated rings. The minimum atomic E-state index is -0.489. The zero-order valence-electron chi connectivity index (χ0n) is 15.2. The molecule has 4 rings (SSSR count). The molecule has 5 nitrogen and oxygen atoms in total. The highest BCUT2D eigenvalue weighted by molar-refractivity contribution is 6.30. The van der Waals surface area contributed by atoms with E-state index in [9.17, 15) is 4.79 Å². The van der Waals surface area contributed by atoms with Crippen LogP contribution >= 0.6 is 11.6 Å². The van der Waals surface area contributed by atoms with Crippen LogP contribution in [0.1, 0.15) is 6.92 Å². The van der Waals surface area contributed by atoms with Crippen LogP contribution in [0.2, 0.25) is 0 Å². The van der Waals surface area contributed by atoms with E-state index in [1.54, 1.807) is 6.92 Å². The first-order valence-corrected chi connectivity index (χ1v) is 9.57. The number of carbonyl (C=O) groups excluding carboxylic acids is 1. The maximum atomic E-state index is 12.2. The molecule has 2 heterocycles. The fourth-order valence-electron chi connectivity index (χ4n) is 3.39. The molecular formula is C21H21ClN4O. The molecule has 0 bridgehead atoms. The maximum absolute atomic E-state index is 12.2. The second-order valence-corrected chi connectivity index (χ2v) is 7.33. The standard InChI is InChI=1S/C21H21ClN4O/c1-15(22)21(27)26-13-11-25(12-14-26)20-19(16-7-3-2-4-8-16)23-17-9-5-6-10-18(17)24-20/h2-10,15H,11-14H2,1H3/t15-/m0/s1. The quantitative estimate of drug-likeness (QED) is 0.652. The number of anilines is 1. The van der Waals surface area contributed by atoms with Crippen molar-refractivity contribution in [1.82, 2.24) is 14.9 Å². The lowest BCUT2D eigenvalue weighted by atomic mass is 10.1. The Morgan fingerprint density at radius 2 is 1.52 bits per heavy atom. The van der Waals surface area contributed by atoms with Gasteiger partial charge in [-0.05, 0) is 19.1 Å². The monoisotopic (exact) mass is 380 g/mol. The summed E-state index contributed by atoms with van der Waals surface area (Å²) in [4.78, 5) is 26.0. The van der Waals surface area contributed by atoms with E-state index in [2.05, 4.69) is 17.0 Å². The van der Waals surface area contributed by atoms with Crippen molar-refractivity contribution in [3.05, 3.63) is 54.6 Å². The number of nitrogens with zero attached hydrogens (tertiary/aromatic N) is 4. The minimum absolute atomic E-state index is 0.0100. The summed E-state index contributed by atoms with van der Waals surface area (Å²) in [5, 5.41) is -0.489. The number of rotatable bonds is 3. The molecule has 6 heteroatoms. The molecule has 3 aromatic rings. The number of alkyl halides is 1. The molecule has 1 aliphatic heterocycles. The third-order valence-electron chi connectivity index (χ3n) is 4.83. The van der Waals surface area contributed by atoms with Crippen molar-refractivity contribution < 1.29 is 4.79 Å². The predicted octanol–water partition coefficient (Wildman–Crippen LogP) is 3.57. The van der Waals surface area contributed by atoms with Gasteiger partial charge in [-0.3, -0.25) is 4.79 Å². The lowest BCUT2D eigenvalue weighted by Gasteiger charge is -2.36. The van der Waals surface area contributed by atoms with Crippen LogP contribution in [0.4, 0.5) is 5.82 Å². The largest absolute Gasteiger partial charge is 0.351 e. The van der Waals surface area contributed by atoms with Crippen LogP contribution in [-0.4, -0.2) is 52.3 Å². The van der Waals surface area contributed by atoms with Crippen LogP contribution in [0.5, 0.6) is 0 Å². The van der Waals surface area contributed by atoms with Gasteiger partial charge in [-0.15, -0.1) is 11.6 Å². The van der Waals surface area contributed by atoms with Crippen LogP contribution in [0.25, 0.3) is 22.3 Å². The number of hydrogen-bond acceptors (Lipinski definition) is 4. The number of fused-ring (bicyclic) bond motifs is 1. The van der Waals surface area contributed by atoms with Gasteiger partial charge < -0.3 is 9.80 Å². The van der Waals surface area contributed by atoms with Crippen molar-refractivity contribution in [2.24, 2.45) is 0 Å². The Morgan fingerprint density at radius 1 is 0.926 bits per heavy atom. The molecular weight excluding hydrogens is 360 g/mol. The van der Waals surface area contributed by atoms with E-state index >= 15 is 0 Å². The Bertz CT molecular complexity index is 953. The lowest BCUT2D eigenvalue weighted by Crippen LogP contribution is -2.50. The first-order valence-electron chi connectivity index (χ1n) is 9.13. The van der Waals surface area contributed by atoms with Crippen LogP contribution < -0.4 is 4.90 Å². The number of aromatic nitrogens is 2. The number of amides is 1. The molecule has 1 saturated heterocycles. The Kier molecular flexibility index (Phi) is 4.94. The van der Waals surface area contributed by atoms with Gasteiger partial charge in [0.25, 0.3) is 0 Å². The molecule has 138 valence electrons. The summed E-state index contributed by atoms with van der Waals surface area (Å²) in [5.74, 6) is 0.857. The molecule has 0 unspecified atom stereocenters. The van der Waals surface area contributed by atoms with E-state index in [1.807, 2.05) is 47.4 Å². The van der Waals surface area contributed by atoms with Crippen molar-refractivity contribution in [3.8, 4) is 11.3 Å². The molecule has 1 aromatic heterocycles. The highest BCUT2D eigenvalue weighted by Crippen LogP contribution is 2.30. The number of para-hydroxylation sites is 2.